The van der Waals surface area contributed by atoms with Crippen molar-refractivity contribution in [2.75, 3.05) is 0 Å². The number of aliphatic hydroxyl groups excluding tert-OH is 1. The van der Waals surface area contributed by atoms with E-state index in [-0.39, 0.29) is 35.2 Å². The van der Waals surface area contributed by atoms with Gasteiger partial charge in [-0.2, -0.15) is 0 Å². The minimum absolute atomic E-state index is 0.0681. The molecule has 0 saturated carbocycles. The topological polar surface area (TPSA) is 72.6 Å². The molecule has 21 heavy (non-hydrogen) atoms. The normalized spacial score (nSPS) is 10.4. The van der Waals surface area contributed by atoms with Crippen molar-refractivity contribution in [1.29, 1.82) is 0 Å². The van der Waals surface area contributed by atoms with Gasteiger partial charge in [0.15, 0.2) is 11.6 Å². The molecule has 0 bridgehead atoms. The van der Waals surface area contributed by atoms with Crippen molar-refractivity contribution in [2.45, 2.75) is 13.2 Å². The number of benzene rings is 2. The lowest BCUT2D eigenvalue weighted by atomic mass is 10.2. The summed E-state index contributed by atoms with van der Waals surface area (Å²) in [5.74, 6) is -0.724. The van der Waals surface area contributed by atoms with Gasteiger partial charge in [-0.15, -0.1) is 0 Å². The van der Waals surface area contributed by atoms with Crippen molar-refractivity contribution in [3.05, 3.63) is 68.5 Å². The Morgan fingerprint density at radius 3 is 2.71 bits per heavy atom. The summed E-state index contributed by atoms with van der Waals surface area (Å²) < 4.78 is 18.9. The first-order valence-corrected chi connectivity index (χ1v) is 6.34. The van der Waals surface area contributed by atoms with Crippen molar-refractivity contribution in [3.8, 4) is 5.75 Å². The third-order valence-electron chi connectivity index (χ3n) is 2.84. The van der Waals surface area contributed by atoms with Gasteiger partial charge in [0.05, 0.1) is 22.1 Å². The van der Waals surface area contributed by atoms with Crippen LogP contribution in [0, 0.1) is 15.9 Å². The van der Waals surface area contributed by atoms with Crippen molar-refractivity contribution in [1.82, 2.24) is 0 Å². The predicted molar refractivity (Wildman–Crippen MR) is 74.8 cm³/mol. The van der Waals surface area contributed by atoms with Gasteiger partial charge in [-0.25, -0.2) is 4.39 Å². The number of hydrogen-bond donors (Lipinski definition) is 1. The molecule has 0 aliphatic rings. The van der Waals surface area contributed by atoms with Crippen molar-refractivity contribution >= 4 is 17.3 Å². The van der Waals surface area contributed by atoms with E-state index in [2.05, 4.69) is 0 Å². The van der Waals surface area contributed by atoms with E-state index in [0.717, 1.165) is 6.07 Å². The third-order valence-corrected chi connectivity index (χ3v) is 3.20. The van der Waals surface area contributed by atoms with Crippen LogP contribution in [-0.4, -0.2) is 10.0 Å². The zero-order chi connectivity index (χ0) is 15.4. The summed E-state index contributed by atoms with van der Waals surface area (Å²) in [6.07, 6.45) is 0. The minimum atomic E-state index is -0.656. The Morgan fingerprint density at radius 2 is 2.10 bits per heavy atom. The van der Waals surface area contributed by atoms with E-state index in [0.29, 0.717) is 5.56 Å². The first kappa shape index (κ1) is 15.2. The van der Waals surface area contributed by atoms with Crippen LogP contribution in [0.4, 0.5) is 10.1 Å². The fraction of sp³-hybridized carbons (Fsp3) is 0.143. The molecule has 0 saturated heterocycles. The number of nitrogens with zero attached hydrogens (tertiary/aromatic N) is 1. The second-order valence-corrected chi connectivity index (χ2v) is 4.61. The van der Waals surface area contributed by atoms with Crippen LogP contribution < -0.4 is 4.74 Å². The molecule has 2 aromatic carbocycles. The monoisotopic (exact) mass is 311 g/mol. The van der Waals surface area contributed by atoms with Crippen LogP contribution in [-0.2, 0) is 13.2 Å². The Morgan fingerprint density at radius 1 is 1.33 bits per heavy atom. The molecular formula is C14H11ClFNO4. The maximum atomic E-state index is 13.7. The first-order valence-electron chi connectivity index (χ1n) is 5.96. The van der Waals surface area contributed by atoms with Crippen LogP contribution in [0.25, 0.3) is 0 Å². The van der Waals surface area contributed by atoms with Gasteiger partial charge in [0, 0.05) is 6.07 Å². The quantitative estimate of drug-likeness (QED) is 0.678. The largest absolute Gasteiger partial charge is 0.486 e. The average molecular weight is 312 g/mol. The van der Waals surface area contributed by atoms with Crippen molar-refractivity contribution in [2.24, 2.45) is 0 Å². The van der Waals surface area contributed by atoms with Crippen LogP contribution in [0.2, 0.25) is 5.02 Å². The summed E-state index contributed by atoms with van der Waals surface area (Å²) in [4.78, 5) is 10.4. The molecule has 110 valence electrons. The molecule has 2 rings (SSSR count). The van der Waals surface area contributed by atoms with Crippen molar-refractivity contribution in [3.63, 3.8) is 0 Å². The fourth-order valence-electron chi connectivity index (χ4n) is 1.77. The van der Waals surface area contributed by atoms with Crippen LogP contribution >= 0.6 is 11.6 Å². The highest BCUT2D eigenvalue weighted by atomic mass is 35.5. The molecule has 0 unspecified atom stereocenters. The first-order chi connectivity index (χ1) is 10.0. The lowest BCUT2D eigenvalue weighted by Gasteiger charge is -2.09. The molecule has 1 N–H and O–H groups in total. The third kappa shape index (κ3) is 3.48. The Bertz CT molecular complexity index is 678. The van der Waals surface area contributed by atoms with Crippen LogP contribution in [0.15, 0.2) is 36.4 Å². The van der Waals surface area contributed by atoms with Gasteiger partial charge >= 0.3 is 0 Å². The second-order valence-electron chi connectivity index (χ2n) is 4.21. The van der Waals surface area contributed by atoms with Gasteiger partial charge in [0.2, 0.25) is 0 Å². The summed E-state index contributed by atoms with van der Waals surface area (Å²) in [6.45, 7) is -0.515. The zero-order valence-electron chi connectivity index (χ0n) is 10.8. The number of ether oxygens (including phenoxy) is 1. The van der Waals surface area contributed by atoms with E-state index in [4.69, 9.17) is 21.4 Å². The Kier molecular flexibility index (Phi) is 4.72. The lowest BCUT2D eigenvalue weighted by Crippen LogP contribution is -2.03. The highest BCUT2D eigenvalue weighted by molar-refractivity contribution is 6.31. The Balaban J connectivity index is 2.22. The molecule has 5 nitrogen and oxygen atoms in total. The highest BCUT2D eigenvalue weighted by Crippen LogP contribution is 2.28. The molecule has 0 aromatic heterocycles. The van der Waals surface area contributed by atoms with E-state index < -0.39 is 10.7 Å². The number of nitro benzene ring substituents is 1. The Labute approximate surface area is 124 Å². The molecule has 0 aliphatic heterocycles. The van der Waals surface area contributed by atoms with E-state index in [1.807, 2.05) is 0 Å². The second kappa shape index (κ2) is 6.51. The molecule has 0 aliphatic carbocycles. The van der Waals surface area contributed by atoms with Gasteiger partial charge in [-0.3, -0.25) is 10.1 Å². The van der Waals surface area contributed by atoms with Gasteiger partial charge < -0.3 is 9.84 Å². The van der Waals surface area contributed by atoms with Gasteiger partial charge in [0.25, 0.3) is 5.69 Å². The minimum Gasteiger partial charge on any atom is -0.486 e. The van der Waals surface area contributed by atoms with E-state index in [1.165, 1.54) is 30.3 Å². The van der Waals surface area contributed by atoms with Crippen molar-refractivity contribution < 1.29 is 19.2 Å². The lowest BCUT2D eigenvalue weighted by molar-refractivity contribution is -0.385. The molecular weight excluding hydrogens is 301 g/mol. The molecule has 0 spiro atoms. The maximum Gasteiger partial charge on any atom is 0.277 e. The van der Waals surface area contributed by atoms with Gasteiger partial charge in [-0.1, -0.05) is 23.7 Å². The fourth-order valence-corrected chi connectivity index (χ4v) is 1.99. The predicted octanol–water partition coefficient (Wildman–Crippen LogP) is 3.46. The van der Waals surface area contributed by atoms with Crippen LogP contribution in [0.1, 0.15) is 11.1 Å². The SMILES string of the molecule is O=[N+]([O-])c1cccc(Cl)c1COc1ccc(CO)cc1F. The number of nitro groups is 1. The van der Waals surface area contributed by atoms with Crippen LogP contribution in [0.5, 0.6) is 5.75 Å². The molecule has 0 fully saturated rings. The Hall–Kier alpha value is -2.18. The van der Waals surface area contributed by atoms with E-state index in [1.54, 1.807) is 0 Å². The molecule has 2 aromatic rings. The molecule has 0 amide bonds. The smallest absolute Gasteiger partial charge is 0.277 e. The number of halogens is 2. The maximum absolute atomic E-state index is 13.7. The summed E-state index contributed by atoms with van der Waals surface area (Å²) in [5.41, 5.74) is 0.397. The highest BCUT2D eigenvalue weighted by Gasteiger charge is 2.17. The molecule has 0 atom stereocenters. The summed E-state index contributed by atoms with van der Waals surface area (Å²) in [6, 6.07) is 8.24. The van der Waals surface area contributed by atoms with Gasteiger partial charge in [0.1, 0.15) is 6.61 Å². The molecule has 0 radical (unpaired) electrons. The van der Waals surface area contributed by atoms with E-state index >= 15 is 0 Å². The summed E-state index contributed by atoms with van der Waals surface area (Å²) >= 11 is 5.92. The zero-order valence-corrected chi connectivity index (χ0v) is 11.5. The van der Waals surface area contributed by atoms with E-state index in [9.17, 15) is 14.5 Å². The number of aliphatic hydroxyl groups is 1. The average Bonchev–Trinajstić information content (AvgIpc) is 2.46. The number of rotatable bonds is 5. The standard InChI is InChI=1S/C14H11ClFNO4/c15-11-2-1-3-13(17(19)20)10(11)8-21-14-5-4-9(7-18)6-12(14)16/h1-6,18H,7-8H2. The number of hydrogen-bond acceptors (Lipinski definition) is 4. The summed E-state index contributed by atoms with van der Waals surface area (Å²) in [7, 11) is 0. The molecule has 0 heterocycles. The van der Waals surface area contributed by atoms with Crippen LogP contribution in [0.3, 0.4) is 0 Å². The summed E-state index contributed by atoms with van der Waals surface area (Å²) in [5, 5.41) is 20.0. The van der Waals surface area contributed by atoms with Gasteiger partial charge in [-0.05, 0) is 23.8 Å². The molecule has 7 heteroatoms.